The van der Waals surface area contributed by atoms with E-state index in [0.717, 1.165) is 15.9 Å². The van der Waals surface area contributed by atoms with E-state index in [1.807, 2.05) is 18.2 Å². The van der Waals surface area contributed by atoms with Crippen molar-refractivity contribution in [3.63, 3.8) is 0 Å². The molecule has 1 aromatic carbocycles. The van der Waals surface area contributed by atoms with Crippen LogP contribution >= 0.6 is 11.6 Å². The molecule has 1 radical (unpaired) electrons. The van der Waals surface area contributed by atoms with Crippen molar-refractivity contribution in [2.24, 2.45) is 0 Å². The lowest BCUT2D eigenvalue weighted by atomic mass is 10.3. The van der Waals surface area contributed by atoms with Crippen molar-refractivity contribution in [2.75, 3.05) is 0 Å². The van der Waals surface area contributed by atoms with Gasteiger partial charge in [-0.3, -0.25) is 0 Å². The van der Waals surface area contributed by atoms with Crippen LogP contribution in [0.4, 0.5) is 0 Å². The summed E-state index contributed by atoms with van der Waals surface area (Å²) in [5.41, 5.74) is 1.03. The largest absolute Gasteiger partial charge is 0.360 e. The minimum Gasteiger partial charge on any atom is -0.360 e. The van der Waals surface area contributed by atoms with E-state index in [4.69, 9.17) is 11.6 Å². The topological polar surface area (TPSA) is 15.8 Å². The summed E-state index contributed by atoms with van der Waals surface area (Å²) in [7, 11) is 0. The Labute approximate surface area is 63.6 Å². The van der Waals surface area contributed by atoms with Crippen LogP contribution in [0.15, 0.2) is 24.4 Å². The van der Waals surface area contributed by atoms with Gasteiger partial charge in [-0.15, -0.1) is 0 Å². The van der Waals surface area contributed by atoms with Gasteiger partial charge in [-0.1, -0.05) is 23.7 Å². The van der Waals surface area contributed by atoms with Crippen LogP contribution in [0.1, 0.15) is 0 Å². The molecule has 0 saturated heterocycles. The van der Waals surface area contributed by atoms with E-state index in [2.05, 4.69) is 11.1 Å². The molecule has 1 nitrogen and oxygen atoms in total. The van der Waals surface area contributed by atoms with Crippen molar-refractivity contribution in [1.82, 2.24) is 4.98 Å². The number of fused-ring (bicyclic) bond motifs is 1. The third-order valence-electron chi connectivity index (χ3n) is 1.48. The Balaban J connectivity index is 2.93. The number of hydrogen-bond acceptors (Lipinski definition) is 0. The van der Waals surface area contributed by atoms with Crippen molar-refractivity contribution in [3.8, 4) is 0 Å². The molecule has 1 N–H and O–H groups in total. The summed E-state index contributed by atoms with van der Waals surface area (Å²) in [4.78, 5) is 3.02. The van der Waals surface area contributed by atoms with Gasteiger partial charge in [0.05, 0.1) is 5.02 Å². The number of halogens is 1. The lowest BCUT2D eigenvalue weighted by Crippen LogP contribution is -1.63. The predicted molar refractivity (Wildman–Crippen MR) is 42.1 cm³/mol. The molecule has 0 atom stereocenters. The molecule has 0 aliphatic rings. The molecule has 2 heteroatoms. The molecule has 0 saturated carbocycles. The summed E-state index contributed by atoms with van der Waals surface area (Å²) >= 11 is 5.83. The SMILES string of the molecule is Clc1c[nH]c2c[c]ccc12. The average molecular weight is 151 g/mol. The van der Waals surface area contributed by atoms with Crippen LogP contribution in [0.25, 0.3) is 10.9 Å². The van der Waals surface area contributed by atoms with Gasteiger partial charge in [0.2, 0.25) is 0 Å². The van der Waals surface area contributed by atoms with Crippen molar-refractivity contribution in [3.05, 3.63) is 35.5 Å². The molecule has 0 fully saturated rings. The Kier molecular flexibility index (Phi) is 1.18. The third-order valence-corrected chi connectivity index (χ3v) is 1.79. The van der Waals surface area contributed by atoms with E-state index >= 15 is 0 Å². The van der Waals surface area contributed by atoms with Gasteiger partial charge in [0.1, 0.15) is 0 Å². The minimum atomic E-state index is 0.768. The van der Waals surface area contributed by atoms with Crippen LogP contribution < -0.4 is 0 Å². The third kappa shape index (κ3) is 0.711. The number of nitrogens with one attached hydrogen (secondary N) is 1. The van der Waals surface area contributed by atoms with Gasteiger partial charge < -0.3 is 4.98 Å². The first-order valence-electron chi connectivity index (χ1n) is 3.00. The summed E-state index contributed by atoms with van der Waals surface area (Å²) in [5, 5.41) is 1.82. The highest BCUT2D eigenvalue weighted by molar-refractivity contribution is 6.35. The number of aromatic nitrogens is 1. The van der Waals surface area contributed by atoms with Crippen LogP contribution in [0.5, 0.6) is 0 Å². The predicted octanol–water partition coefficient (Wildman–Crippen LogP) is 2.62. The molecule has 1 aromatic heterocycles. The molecule has 0 bridgehead atoms. The van der Waals surface area contributed by atoms with Crippen LogP contribution in [-0.4, -0.2) is 4.98 Å². The van der Waals surface area contributed by atoms with E-state index in [-0.39, 0.29) is 0 Å². The Morgan fingerprint density at radius 3 is 3.20 bits per heavy atom. The summed E-state index contributed by atoms with van der Waals surface area (Å²) in [6.45, 7) is 0. The molecule has 10 heavy (non-hydrogen) atoms. The Morgan fingerprint density at radius 2 is 2.40 bits per heavy atom. The fourth-order valence-electron chi connectivity index (χ4n) is 0.977. The summed E-state index contributed by atoms with van der Waals surface area (Å²) < 4.78 is 0. The first-order valence-corrected chi connectivity index (χ1v) is 3.38. The number of H-pyrrole nitrogens is 1. The molecular formula is C8H5ClN. The van der Waals surface area contributed by atoms with E-state index in [1.165, 1.54) is 0 Å². The Hall–Kier alpha value is -0.950. The van der Waals surface area contributed by atoms with Crippen molar-refractivity contribution >= 4 is 22.5 Å². The number of aromatic amines is 1. The molecular weight excluding hydrogens is 146 g/mol. The second-order valence-corrected chi connectivity index (χ2v) is 2.52. The quantitative estimate of drug-likeness (QED) is 0.594. The van der Waals surface area contributed by atoms with Gasteiger partial charge in [0.15, 0.2) is 0 Å². The van der Waals surface area contributed by atoms with Crippen molar-refractivity contribution in [1.29, 1.82) is 0 Å². The summed E-state index contributed by atoms with van der Waals surface area (Å²) in [5.74, 6) is 0. The fourth-order valence-corrected chi connectivity index (χ4v) is 1.20. The molecule has 0 amide bonds. The molecule has 0 unspecified atom stereocenters. The molecule has 0 aliphatic carbocycles. The van der Waals surface area contributed by atoms with Crippen LogP contribution in [0.2, 0.25) is 5.02 Å². The second-order valence-electron chi connectivity index (χ2n) is 2.11. The molecule has 1 heterocycles. The minimum absolute atomic E-state index is 0.768. The highest BCUT2D eigenvalue weighted by atomic mass is 35.5. The molecule has 49 valence electrons. The van der Waals surface area contributed by atoms with Gasteiger partial charge in [-0.05, 0) is 12.1 Å². The van der Waals surface area contributed by atoms with E-state index < -0.39 is 0 Å². The molecule has 0 aliphatic heterocycles. The second kappa shape index (κ2) is 2.03. The van der Waals surface area contributed by atoms with E-state index in [9.17, 15) is 0 Å². The van der Waals surface area contributed by atoms with Crippen molar-refractivity contribution in [2.45, 2.75) is 0 Å². The number of rotatable bonds is 0. The van der Waals surface area contributed by atoms with Gasteiger partial charge in [0, 0.05) is 17.1 Å². The lowest BCUT2D eigenvalue weighted by Gasteiger charge is -1.85. The molecule has 0 spiro atoms. The molecule has 2 rings (SSSR count). The highest BCUT2D eigenvalue weighted by Crippen LogP contribution is 2.21. The Morgan fingerprint density at radius 1 is 1.50 bits per heavy atom. The fraction of sp³-hybridized carbons (Fsp3) is 0. The monoisotopic (exact) mass is 150 g/mol. The zero-order chi connectivity index (χ0) is 6.97. The van der Waals surface area contributed by atoms with Gasteiger partial charge >= 0.3 is 0 Å². The lowest BCUT2D eigenvalue weighted by molar-refractivity contribution is 1.48. The normalized spacial score (nSPS) is 10.5. The Bertz CT molecular complexity index is 351. The standard InChI is InChI=1S/C8H5ClN/c9-7-5-10-8-4-2-1-3-6(7)8/h1,3-5,10H. The summed E-state index contributed by atoms with van der Waals surface area (Å²) in [6, 6.07) is 8.62. The van der Waals surface area contributed by atoms with Gasteiger partial charge in [0.25, 0.3) is 0 Å². The summed E-state index contributed by atoms with van der Waals surface area (Å²) in [6.07, 6.45) is 1.78. The maximum absolute atomic E-state index is 5.83. The zero-order valence-corrected chi connectivity index (χ0v) is 5.94. The average Bonchev–Trinajstić information content (AvgIpc) is 2.34. The van der Waals surface area contributed by atoms with Crippen LogP contribution in [0.3, 0.4) is 0 Å². The highest BCUT2D eigenvalue weighted by Gasteiger charge is 1.96. The van der Waals surface area contributed by atoms with Crippen molar-refractivity contribution < 1.29 is 0 Å². The number of benzene rings is 1. The van der Waals surface area contributed by atoms with Gasteiger partial charge in [-0.2, -0.15) is 0 Å². The van der Waals surface area contributed by atoms with Crippen LogP contribution in [0, 0.1) is 6.07 Å². The van der Waals surface area contributed by atoms with E-state index in [1.54, 1.807) is 6.20 Å². The first kappa shape index (κ1) is 5.81. The smallest absolute Gasteiger partial charge is 0.0659 e. The first-order chi connectivity index (χ1) is 4.88. The maximum atomic E-state index is 5.83. The zero-order valence-electron chi connectivity index (χ0n) is 5.19. The molecule has 2 aromatic rings. The maximum Gasteiger partial charge on any atom is 0.0659 e. The number of hydrogen-bond donors (Lipinski definition) is 1. The van der Waals surface area contributed by atoms with Gasteiger partial charge in [-0.25, -0.2) is 0 Å². The van der Waals surface area contributed by atoms with Crippen LogP contribution in [-0.2, 0) is 0 Å². The van der Waals surface area contributed by atoms with E-state index in [0.29, 0.717) is 0 Å².